The number of carbonyl (C=O) groups excluding carboxylic acids is 1. The zero-order valence-corrected chi connectivity index (χ0v) is 16.1. The fourth-order valence-corrected chi connectivity index (χ4v) is 3.84. The van der Waals surface area contributed by atoms with Gasteiger partial charge in [0.1, 0.15) is 0 Å². The molecule has 1 aromatic rings. The van der Waals surface area contributed by atoms with Gasteiger partial charge in [-0.15, -0.1) is 0 Å². The first kappa shape index (κ1) is 22.6. The molecule has 146 valence electrons. The fourth-order valence-electron chi connectivity index (χ4n) is 2.29. The molecular weight excluding hydrogens is 361 g/mol. The number of benzene rings is 1. The van der Waals surface area contributed by atoms with Gasteiger partial charge in [0.15, 0.2) is 11.9 Å². The van der Waals surface area contributed by atoms with Crippen LogP contribution in [0.1, 0.15) is 42.7 Å². The summed E-state index contributed by atoms with van der Waals surface area (Å²) >= 11 is 0. The quantitative estimate of drug-likeness (QED) is 0.315. The predicted molar refractivity (Wildman–Crippen MR) is 98.1 cm³/mol. The smallest absolute Gasteiger partial charge is 0.335 e. The van der Waals surface area contributed by atoms with E-state index < -0.39 is 31.7 Å². The summed E-state index contributed by atoms with van der Waals surface area (Å²) in [4.78, 5) is 43.5. The molecule has 0 saturated carbocycles. The van der Waals surface area contributed by atoms with Gasteiger partial charge in [-0.25, -0.2) is 14.6 Å². The summed E-state index contributed by atoms with van der Waals surface area (Å²) in [6.07, 6.45) is -0.452. The molecule has 0 aliphatic rings. The summed E-state index contributed by atoms with van der Waals surface area (Å²) in [5, 5.41) is 12.0. The number of nitrogens with one attached hydrogen (secondary N) is 1. The average molecular weight is 388 g/mol. The Labute approximate surface area is 153 Å². The van der Waals surface area contributed by atoms with Crippen molar-refractivity contribution in [1.82, 2.24) is 5.32 Å². The number of hydrogen-bond acceptors (Lipinski definition) is 7. The number of aromatic carboxylic acids is 1. The summed E-state index contributed by atoms with van der Waals surface area (Å²) in [6.45, 7) is 5.56. The molecule has 0 bridgehead atoms. The highest BCUT2D eigenvalue weighted by molar-refractivity contribution is 7.65. The topological polar surface area (TPSA) is 125 Å². The van der Waals surface area contributed by atoms with Gasteiger partial charge in [-0.3, -0.25) is 4.79 Å². The van der Waals surface area contributed by atoms with Crippen LogP contribution in [-0.2, 0) is 14.3 Å². The Morgan fingerprint density at radius 3 is 2.35 bits per heavy atom. The standard InChI is InChI=1S/C17H26NO7P/c1-4-24-17(25-5-2)26(22,23)11-15(19)10-18-12(3)13-7-6-8-14(9-13)16(20)21/h6-9,12,17-18,22-23H,4-5,10-11H2,1-3H3/p+1. The number of carboxylic acids is 1. The minimum Gasteiger partial charge on any atom is -0.478 e. The largest absolute Gasteiger partial charge is 0.478 e. The van der Waals surface area contributed by atoms with Gasteiger partial charge in [-0.2, -0.15) is 0 Å². The number of carboxylic acid groups (broad SMARTS) is 1. The molecule has 1 aromatic carbocycles. The van der Waals surface area contributed by atoms with Crippen molar-refractivity contribution in [3.05, 3.63) is 35.4 Å². The molecule has 0 aromatic heterocycles. The molecule has 0 aliphatic carbocycles. The van der Waals surface area contributed by atoms with Crippen LogP contribution in [0.5, 0.6) is 0 Å². The Balaban J connectivity index is 2.62. The van der Waals surface area contributed by atoms with Crippen LogP contribution in [0, 0.1) is 0 Å². The lowest BCUT2D eigenvalue weighted by molar-refractivity contribution is -0.117. The summed E-state index contributed by atoms with van der Waals surface area (Å²) in [5.74, 6) is -1.42. The number of rotatable bonds is 12. The first-order valence-corrected chi connectivity index (χ1v) is 10.3. The van der Waals surface area contributed by atoms with Crippen LogP contribution >= 0.6 is 7.72 Å². The highest BCUT2D eigenvalue weighted by Gasteiger charge is 2.48. The highest BCUT2D eigenvalue weighted by atomic mass is 31.2. The molecule has 1 rings (SSSR count). The zero-order valence-electron chi connectivity index (χ0n) is 15.2. The lowest BCUT2D eigenvalue weighted by Crippen LogP contribution is -2.31. The average Bonchev–Trinajstić information content (AvgIpc) is 2.59. The molecule has 9 heteroatoms. The van der Waals surface area contributed by atoms with Crippen molar-refractivity contribution >= 4 is 19.5 Å². The van der Waals surface area contributed by atoms with Crippen molar-refractivity contribution in [3.63, 3.8) is 0 Å². The Morgan fingerprint density at radius 1 is 1.19 bits per heavy atom. The first-order chi connectivity index (χ1) is 12.2. The van der Waals surface area contributed by atoms with E-state index >= 15 is 0 Å². The monoisotopic (exact) mass is 388 g/mol. The molecule has 4 N–H and O–H groups in total. The van der Waals surface area contributed by atoms with Gasteiger partial charge in [-0.05, 0) is 38.5 Å². The third-order valence-corrected chi connectivity index (χ3v) is 5.40. The van der Waals surface area contributed by atoms with Crippen molar-refractivity contribution in [2.45, 2.75) is 32.8 Å². The van der Waals surface area contributed by atoms with Crippen molar-refractivity contribution < 1.29 is 34.0 Å². The van der Waals surface area contributed by atoms with Gasteiger partial charge in [0.25, 0.3) is 0 Å². The molecule has 0 heterocycles. The van der Waals surface area contributed by atoms with E-state index in [2.05, 4.69) is 5.32 Å². The highest BCUT2D eigenvalue weighted by Crippen LogP contribution is 2.55. The second-order valence-corrected chi connectivity index (χ2v) is 8.04. The van der Waals surface area contributed by atoms with E-state index in [1.54, 1.807) is 32.9 Å². The van der Waals surface area contributed by atoms with Crippen LogP contribution in [0.15, 0.2) is 24.3 Å². The molecule has 0 aliphatic heterocycles. The summed E-state index contributed by atoms with van der Waals surface area (Å²) in [5.41, 5.74) is 0.877. The Hall–Kier alpha value is -1.41. The molecule has 0 fully saturated rings. The molecule has 8 nitrogen and oxygen atoms in total. The maximum Gasteiger partial charge on any atom is 0.335 e. The molecular formula is C17H27NO7P+. The second-order valence-electron chi connectivity index (χ2n) is 5.73. The van der Waals surface area contributed by atoms with Crippen LogP contribution in [0.25, 0.3) is 0 Å². The summed E-state index contributed by atoms with van der Waals surface area (Å²) in [7, 11) is -3.71. The maximum atomic E-state index is 12.1. The van der Waals surface area contributed by atoms with Crippen molar-refractivity contribution in [2.24, 2.45) is 0 Å². The predicted octanol–water partition coefficient (Wildman–Crippen LogP) is 1.79. The van der Waals surface area contributed by atoms with Crippen molar-refractivity contribution in [2.75, 3.05) is 25.9 Å². The van der Waals surface area contributed by atoms with E-state index in [9.17, 15) is 19.4 Å². The second kappa shape index (κ2) is 10.7. The molecule has 0 amide bonds. The van der Waals surface area contributed by atoms with Gasteiger partial charge in [0, 0.05) is 6.04 Å². The van der Waals surface area contributed by atoms with E-state index in [1.165, 1.54) is 12.1 Å². The van der Waals surface area contributed by atoms with Crippen LogP contribution in [-0.4, -0.2) is 58.6 Å². The van der Waals surface area contributed by atoms with Crippen LogP contribution in [0.4, 0.5) is 0 Å². The maximum absolute atomic E-state index is 12.1. The number of ether oxygens (including phenoxy) is 2. The molecule has 1 unspecified atom stereocenters. The number of Topliss-reactive ketones (excluding diaryl/α,β-unsaturated/α-hetero) is 1. The van der Waals surface area contributed by atoms with Gasteiger partial charge >= 0.3 is 19.7 Å². The Morgan fingerprint density at radius 2 is 1.81 bits per heavy atom. The minimum atomic E-state index is -3.71. The van der Waals surface area contributed by atoms with E-state index in [0.29, 0.717) is 5.56 Å². The minimum absolute atomic E-state index is 0.0910. The fraction of sp³-hybridized carbons (Fsp3) is 0.529. The third kappa shape index (κ3) is 7.07. The lowest BCUT2D eigenvalue weighted by atomic mass is 10.1. The van der Waals surface area contributed by atoms with Gasteiger partial charge < -0.3 is 19.9 Å². The summed E-state index contributed by atoms with van der Waals surface area (Å²) < 4.78 is 10.4. The molecule has 0 saturated heterocycles. The molecule has 1 atom stereocenters. The zero-order chi connectivity index (χ0) is 19.7. The van der Waals surface area contributed by atoms with Crippen LogP contribution in [0.2, 0.25) is 0 Å². The van der Waals surface area contributed by atoms with E-state index in [1.807, 2.05) is 0 Å². The number of carbonyl (C=O) groups is 2. The van der Waals surface area contributed by atoms with Crippen molar-refractivity contribution in [1.29, 1.82) is 0 Å². The summed E-state index contributed by atoms with van der Waals surface area (Å²) in [6, 6.07) is 4.92. The van der Waals surface area contributed by atoms with Crippen LogP contribution < -0.4 is 5.32 Å². The molecule has 0 radical (unpaired) electrons. The normalized spacial score (nSPS) is 13.0. The van der Waals surface area contributed by atoms with E-state index in [0.717, 1.165) is 0 Å². The molecule has 0 spiro atoms. The lowest BCUT2D eigenvalue weighted by Gasteiger charge is -2.22. The SMILES string of the molecule is CCOC(OCC)[P+](O)(O)CC(=O)CNC(C)c1cccc(C(=O)O)c1. The third-order valence-electron chi connectivity index (χ3n) is 3.60. The first-order valence-electron chi connectivity index (χ1n) is 8.36. The van der Waals surface area contributed by atoms with Crippen LogP contribution in [0.3, 0.4) is 0 Å². The van der Waals surface area contributed by atoms with Gasteiger partial charge in [0.2, 0.25) is 0 Å². The Kier molecular flexibility index (Phi) is 9.29. The number of ketones is 1. The van der Waals surface area contributed by atoms with Gasteiger partial charge in [-0.1, -0.05) is 12.1 Å². The number of hydrogen-bond donors (Lipinski definition) is 4. The van der Waals surface area contributed by atoms with E-state index in [-0.39, 0.29) is 31.4 Å². The van der Waals surface area contributed by atoms with Crippen molar-refractivity contribution in [3.8, 4) is 0 Å². The van der Waals surface area contributed by atoms with Gasteiger partial charge in [0.05, 0.1) is 25.3 Å². The van der Waals surface area contributed by atoms with E-state index in [4.69, 9.17) is 14.6 Å². The Bertz CT molecular complexity index is 603. The molecule has 26 heavy (non-hydrogen) atoms.